The van der Waals surface area contributed by atoms with Crippen LogP contribution in [0, 0.1) is 0 Å². The van der Waals surface area contributed by atoms with Crippen LogP contribution in [0.3, 0.4) is 0 Å². The zero-order chi connectivity index (χ0) is 22.1. The van der Waals surface area contributed by atoms with Gasteiger partial charge in [-0.1, -0.05) is 60.7 Å². The van der Waals surface area contributed by atoms with Crippen molar-refractivity contribution in [1.29, 1.82) is 0 Å². The van der Waals surface area contributed by atoms with E-state index in [0.29, 0.717) is 18.2 Å². The molecule has 0 aliphatic heterocycles. The molecule has 5 heteroatoms. The molecule has 0 unspecified atom stereocenters. The van der Waals surface area contributed by atoms with Crippen LogP contribution in [-0.2, 0) is 0 Å². The van der Waals surface area contributed by atoms with E-state index >= 15 is 0 Å². The zero-order valence-electron chi connectivity index (χ0n) is 17.6. The highest BCUT2D eigenvalue weighted by atomic mass is 32.1. The van der Waals surface area contributed by atoms with Crippen LogP contribution in [0.15, 0.2) is 92.0 Å². The van der Waals surface area contributed by atoms with Crippen molar-refractivity contribution in [2.24, 2.45) is 0 Å². The monoisotopic (exact) mass is 434 g/mol. The van der Waals surface area contributed by atoms with Gasteiger partial charge in [0.15, 0.2) is 5.11 Å². The molecule has 4 nitrogen and oxygen atoms in total. The number of aromatic nitrogens is 2. The maximum absolute atomic E-state index is 5.59. The fourth-order valence-corrected chi connectivity index (χ4v) is 4.38. The summed E-state index contributed by atoms with van der Waals surface area (Å²) >= 11 is 5.59. The standard InChI is InChI=1S/C27H22N4S/c1-3-15-31(16-4-2)27(32)28-18-13-14-23-24(17-18)30-26-22-12-8-6-10-20(22)19-9-5-7-11-21(19)25(26)29-23/h3-14,17H,1-2,15-16H2,(H,28,32). The summed E-state index contributed by atoms with van der Waals surface area (Å²) in [7, 11) is 0. The third-order valence-corrected chi connectivity index (χ3v) is 5.92. The van der Waals surface area contributed by atoms with Crippen molar-refractivity contribution in [1.82, 2.24) is 14.9 Å². The Morgan fingerprint density at radius 2 is 1.31 bits per heavy atom. The molecular weight excluding hydrogens is 412 g/mol. The summed E-state index contributed by atoms with van der Waals surface area (Å²) in [5, 5.41) is 8.53. The van der Waals surface area contributed by atoms with Crippen molar-refractivity contribution < 1.29 is 0 Å². The summed E-state index contributed by atoms with van der Waals surface area (Å²) in [6.07, 6.45) is 3.65. The highest BCUT2D eigenvalue weighted by Gasteiger charge is 2.13. The van der Waals surface area contributed by atoms with Crippen molar-refractivity contribution in [2.45, 2.75) is 0 Å². The fraction of sp³-hybridized carbons (Fsp3) is 0.0741. The van der Waals surface area contributed by atoms with E-state index in [2.05, 4.69) is 60.9 Å². The van der Waals surface area contributed by atoms with Gasteiger partial charge in [-0.05, 0) is 41.2 Å². The lowest BCUT2D eigenvalue weighted by Gasteiger charge is -2.23. The first-order valence-electron chi connectivity index (χ1n) is 10.5. The molecule has 5 aromatic rings. The molecule has 4 aromatic carbocycles. The number of fused-ring (bicyclic) bond motifs is 7. The summed E-state index contributed by atoms with van der Waals surface area (Å²) in [6, 6.07) is 22.7. The van der Waals surface area contributed by atoms with Gasteiger partial charge in [-0.25, -0.2) is 9.97 Å². The molecule has 0 bridgehead atoms. The molecule has 156 valence electrons. The molecule has 5 rings (SSSR count). The van der Waals surface area contributed by atoms with Gasteiger partial charge in [0, 0.05) is 29.5 Å². The zero-order valence-corrected chi connectivity index (χ0v) is 18.4. The fourth-order valence-electron chi connectivity index (χ4n) is 4.11. The van der Waals surface area contributed by atoms with Crippen LogP contribution in [-0.4, -0.2) is 33.1 Å². The van der Waals surface area contributed by atoms with E-state index in [0.717, 1.165) is 38.5 Å². The van der Waals surface area contributed by atoms with Crippen molar-refractivity contribution in [3.63, 3.8) is 0 Å². The van der Waals surface area contributed by atoms with Crippen LogP contribution >= 0.6 is 12.2 Å². The Morgan fingerprint density at radius 1 is 0.781 bits per heavy atom. The predicted octanol–water partition coefficient (Wildman–Crippen LogP) is 6.46. The van der Waals surface area contributed by atoms with Gasteiger partial charge in [0.25, 0.3) is 0 Å². The Bertz CT molecular complexity index is 1510. The molecule has 0 amide bonds. The third-order valence-electron chi connectivity index (χ3n) is 5.56. The Morgan fingerprint density at radius 3 is 1.88 bits per heavy atom. The molecule has 0 aliphatic carbocycles. The quantitative estimate of drug-likeness (QED) is 0.149. The van der Waals surface area contributed by atoms with Gasteiger partial charge in [0.1, 0.15) is 0 Å². The Hall–Kier alpha value is -3.83. The molecule has 1 N–H and O–H groups in total. The van der Waals surface area contributed by atoms with Crippen LogP contribution in [0.1, 0.15) is 0 Å². The van der Waals surface area contributed by atoms with E-state index in [1.807, 2.05) is 41.3 Å². The average molecular weight is 435 g/mol. The van der Waals surface area contributed by atoms with E-state index in [1.54, 1.807) is 0 Å². The molecule has 0 spiro atoms. The van der Waals surface area contributed by atoms with E-state index in [1.165, 1.54) is 10.8 Å². The predicted molar refractivity (Wildman–Crippen MR) is 140 cm³/mol. The molecule has 1 aromatic heterocycles. The second kappa shape index (κ2) is 8.36. The first kappa shape index (κ1) is 20.1. The first-order chi connectivity index (χ1) is 15.7. The summed E-state index contributed by atoms with van der Waals surface area (Å²) < 4.78 is 0. The van der Waals surface area contributed by atoms with Gasteiger partial charge in [-0.3, -0.25) is 0 Å². The van der Waals surface area contributed by atoms with Crippen LogP contribution in [0.25, 0.3) is 43.6 Å². The normalized spacial score (nSPS) is 11.1. The lowest BCUT2D eigenvalue weighted by Crippen LogP contribution is -2.34. The van der Waals surface area contributed by atoms with Crippen LogP contribution in [0.5, 0.6) is 0 Å². The average Bonchev–Trinajstić information content (AvgIpc) is 2.83. The van der Waals surface area contributed by atoms with Crippen molar-refractivity contribution in [3.8, 4) is 0 Å². The second-order valence-electron chi connectivity index (χ2n) is 7.63. The highest BCUT2D eigenvalue weighted by molar-refractivity contribution is 7.80. The molecule has 32 heavy (non-hydrogen) atoms. The number of thiocarbonyl (C=S) groups is 1. The molecule has 0 radical (unpaired) electrons. The topological polar surface area (TPSA) is 41.0 Å². The first-order valence-corrected chi connectivity index (χ1v) is 10.9. The van der Waals surface area contributed by atoms with E-state index in [9.17, 15) is 0 Å². The van der Waals surface area contributed by atoms with Gasteiger partial charge in [0.2, 0.25) is 0 Å². The minimum absolute atomic E-state index is 0.620. The minimum atomic E-state index is 0.620. The minimum Gasteiger partial charge on any atom is -0.342 e. The number of benzene rings is 4. The third kappa shape index (κ3) is 3.47. The number of nitrogens with one attached hydrogen (secondary N) is 1. The van der Waals surface area contributed by atoms with Gasteiger partial charge in [-0.2, -0.15) is 0 Å². The molecular formula is C27H22N4S. The van der Waals surface area contributed by atoms with Crippen LogP contribution in [0.4, 0.5) is 5.69 Å². The molecule has 0 fully saturated rings. The molecule has 0 aliphatic rings. The van der Waals surface area contributed by atoms with Gasteiger partial charge in [0.05, 0.1) is 22.1 Å². The molecule has 0 saturated heterocycles. The summed E-state index contributed by atoms with van der Waals surface area (Å²) in [5.41, 5.74) is 4.38. The van der Waals surface area contributed by atoms with Crippen LogP contribution in [0.2, 0.25) is 0 Å². The largest absolute Gasteiger partial charge is 0.342 e. The number of anilines is 1. The number of nitrogens with zero attached hydrogens (tertiary/aromatic N) is 3. The van der Waals surface area contributed by atoms with E-state index in [-0.39, 0.29) is 0 Å². The smallest absolute Gasteiger partial charge is 0.173 e. The number of hydrogen-bond acceptors (Lipinski definition) is 3. The van der Waals surface area contributed by atoms with E-state index in [4.69, 9.17) is 22.2 Å². The Labute approximate surface area is 191 Å². The number of rotatable bonds is 5. The van der Waals surface area contributed by atoms with Crippen molar-refractivity contribution >= 4 is 66.6 Å². The molecule has 0 saturated carbocycles. The molecule has 1 heterocycles. The summed E-state index contributed by atoms with van der Waals surface area (Å²) in [6.45, 7) is 8.91. The van der Waals surface area contributed by atoms with Gasteiger partial charge in [-0.15, -0.1) is 13.2 Å². The summed E-state index contributed by atoms with van der Waals surface area (Å²) in [4.78, 5) is 12.1. The van der Waals surface area contributed by atoms with Crippen molar-refractivity contribution in [3.05, 3.63) is 92.0 Å². The Balaban J connectivity index is 1.66. The molecule has 0 atom stereocenters. The second-order valence-corrected chi connectivity index (χ2v) is 8.01. The maximum Gasteiger partial charge on any atom is 0.173 e. The van der Waals surface area contributed by atoms with Gasteiger partial charge >= 0.3 is 0 Å². The SMILES string of the molecule is C=CCN(CC=C)C(=S)Nc1ccc2nc3c4ccccc4c4ccccc4c3nc2c1. The lowest BCUT2D eigenvalue weighted by atomic mass is 9.99. The highest BCUT2D eigenvalue weighted by Crippen LogP contribution is 2.34. The number of hydrogen-bond donors (Lipinski definition) is 1. The summed E-state index contributed by atoms with van der Waals surface area (Å²) in [5.74, 6) is 0. The van der Waals surface area contributed by atoms with Crippen LogP contribution < -0.4 is 5.32 Å². The lowest BCUT2D eigenvalue weighted by molar-refractivity contribution is 0.522. The van der Waals surface area contributed by atoms with Crippen molar-refractivity contribution in [2.75, 3.05) is 18.4 Å². The van der Waals surface area contributed by atoms with E-state index < -0.39 is 0 Å². The van der Waals surface area contributed by atoms with Gasteiger partial charge < -0.3 is 10.2 Å². The Kier molecular flexibility index (Phi) is 5.25. The maximum atomic E-state index is 5.59.